The molecule has 4 rings (SSSR count). The number of nitrogens with zero attached hydrogens (tertiary/aromatic N) is 6. The van der Waals surface area contributed by atoms with Crippen LogP contribution in [0.3, 0.4) is 0 Å². The molecule has 0 saturated carbocycles. The second kappa shape index (κ2) is 6.40. The number of hydrogen-bond acceptors (Lipinski definition) is 8. The van der Waals surface area contributed by atoms with Gasteiger partial charge in [-0.2, -0.15) is 4.98 Å². The van der Waals surface area contributed by atoms with E-state index in [0.29, 0.717) is 5.88 Å². The van der Waals surface area contributed by atoms with Crippen LogP contribution < -0.4 is 9.64 Å². The molecule has 1 aliphatic rings. The van der Waals surface area contributed by atoms with Crippen LogP contribution in [0.15, 0.2) is 35.1 Å². The van der Waals surface area contributed by atoms with Gasteiger partial charge in [-0.15, -0.1) is 0 Å². The summed E-state index contributed by atoms with van der Waals surface area (Å²) in [4.78, 5) is 13.3. The molecule has 1 fully saturated rings. The summed E-state index contributed by atoms with van der Waals surface area (Å²) in [5.74, 6) is 1.31. The molecule has 0 bridgehead atoms. The minimum atomic E-state index is 0.590. The van der Waals surface area contributed by atoms with E-state index in [1.165, 1.54) is 0 Å². The van der Waals surface area contributed by atoms with Crippen molar-refractivity contribution < 1.29 is 9.37 Å². The van der Waals surface area contributed by atoms with Crippen molar-refractivity contribution in [2.75, 3.05) is 38.2 Å². The maximum atomic E-state index is 5.17. The zero-order valence-electron chi connectivity index (χ0n) is 13.4. The first kappa shape index (κ1) is 14.8. The number of aromatic nitrogens is 4. The van der Waals surface area contributed by atoms with Gasteiger partial charge < -0.3 is 9.64 Å². The summed E-state index contributed by atoms with van der Waals surface area (Å²) < 4.78 is 10.0. The lowest BCUT2D eigenvalue weighted by atomic mass is 10.1. The van der Waals surface area contributed by atoms with E-state index >= 15 is 0 Å². The fraction of sp³-hybridized carbons (Fsp3) is 0.375. The van der Waals surface area contributed by atoms with Crippen LogP contribution in [0, 0.1) is 0 Å². The normalized spacial score (nSPS) is 15.8. The van der Waals surface area contributed by atoms with E-state index in [4.69, 9.17) is 9.37 Å². The van der Waals surface area contributed by atoms with Crippen LogP contribution in [-0.2, 0) is 6.54 Å². The minimum absolute atomic E-state index is 0.590. The number of anilines is 1. The molecule has 1 aliphatic heterocycles. The first-order valence-corrected chi connectivity index (χ1v) is 7.88. The van der Waals surface area contributed by atoms with Crippen molar-refractivity contribution in [1.29, 1.82) is 0 Å². The molecular formula is C16H18N6O2. The lowest BCUT2D eigenvalue weighted by Crippen LogP contribution is -2.46. The van der Waals surface area contributed by atoms with Gasteiger partial charge in [0.1, 0.15) is 11.0 Å². The van der Waals surface area contributed by atoms with Crippen molar-refractivity contribution in [3.8, 4) is 5.88 Å². The standard InChI is InChI=1S/C16H18N6O2/c1-23-14-5-6-17-16(18-14)22-9-7-21(8-10-22)11-12-3-2-4-13-15(12)20-24-19-13/h2-6H,7-11H2,1H3. The van der Waals surface area contributed by atoms with Gasteiger partial charge in [-0.1, -0.05) is 12.1 Å². The Kier molecular flexibility index (Phi) is 3.96. The predicted octanol–water partition coefficient (Wildman–Crippen LogP) is 1.34. The summed E-state index contributed by atoms with van der Waals surface area (Å²) >= 11 is 0. The van der Waals surface area contributed by atoms with E-state index in [2.05, 4.69) is 36.1 Å². The van der Waals surface area contributed by atoms with Gasteiger partial charge in [0.05, 0.1) is 7.11 Å². The Labute approximate surface area is 139 Å². The molecule has 24 heavy (non-hydrogen) atoms. The number of hydrogen-bond donors (Lipinski definition) is 0. The average molecular weight is 326 g/mol. The Morgan fingerprint density at radius 3 is 2.83 bits per heavy atom. The van der Waals surface area contributed by atoms with Crippen LogP contribution in [0.4, 0.5) is 5.95 Å². The number of fused-ring (bicyclic) bond motifs is 1. The lowest BCUT2D eigenvalue weighted by Gasteiger charge is -2.34. The predicted molar refractivity (Wildman–Crippen MR) is 87.9 cm³/mol. The van der Waals surface area contributed by atoms with Gasteiger partial charge in [-0.25, -0.2) is 9.61 Å². The molecule has 1 saturated heterocycles. The number of rotatable bonds is 4. The Balaban J connectivity index is 1.42. The molecule has 124 valence electrons. The molecule has 8 heteroatoms. The van der Waals surface area contributed by atoms with Crippen LogP contribution >= 0.6 is 0 Å². The van der Waals surface area contributed by atoms with Crippen molar-refractivity contribution in [3.05, 3.63) is 36.0 Å². The third-order valence-corrected chi connectivity index (χ3v) is 4.25. The number of piperazine rings is 1. The minimum Gasteiger partial charge on any atom is -0.481 e. The molecule has 8 nitrogen and oxygen atoms in total. The Morgan fingerprint density at radius 1 is 1.12 bits per heavy atom. The SMILES string of the molecule is COc1ccnc(N2CCN(Cc3cccc4nonc34)CC2)n1. The monoisotopic (exact) mass is 326 g/mol. The van der Waals surface area contributed by atoms with Crippen molar-refractivity contribution in [3.63, 3.8) is 0 Å². The molecule has 0 unspecified atom stereocenters. The fourth-order valence-corrected chi connectivity index (χ4v) is 2.93. The molecule has 0 spiro atoms. The Bertz CT molecular complexity index is 828. The lowest BCUT2D eigenvalue weighted by molar-refractivity contribution is 0.248. The smallest absolute Gasteiger partial charge is 0.228 e. The van der Waals surface area contributed by atoms with Gasteiger partial charge in [0, 0.05) is 45.0 Å². The summed E-state index contributed by atoms with van der Waals surface area (Å²) in [6, 6.07) is 7.73. The Morgan fingerprint density at radius 2 is 2.00 bits per heavy atom. The summed E-state index contributed by atoms with van der Waals surface area (Å²) in [7, 11) is 1.61. The first-order valence-electron chi connectivity index (χ1n) is 7.88. The van der Waals surface area contributed by atoms with Gasteiger partial charge >= 0.3 is 0 Å². The number of benzene rings is 1. The Hall–Kier alpha value is -2.74. The van der Waals surface area contributed by atoms with Crippen LogP contribution in [0.25, 0.3) is 11.0 Å². The first-order chi connectivity index (χ1) is 11.8. The zero-order valence-corrected chi connectivity index (χ0v) is 13.4. The molecular weight excluding hydrogens is 308 g/mol. The summed E-state index contributed by atoms with van der Waals surface area (Å²) in [6.45, 7) is 4.45. The molecule has 0 aliphatic carbocycles. The molecule has 0 amide bonds. The third kappa shape index (κ3) is 2.88. The highest BCUT2D eigenvalue weighted by molar-refractivity contribution is 5.76. The third-order valence-electron chi connectivity index (χ3n) is 4.25. The zero-order chi connectivity index (χ0) is 16.4. The average Bonchev–Trinajstić information content (AvgIpc) is 3.12. The van der Waals surface area contributed by atoms with E-state index < -0.39 is 0 Å². The van der Waals surface area contributed by atoms with Crippen LogP contribution in [-0.4, -0.2) is 58.5 Å². The molecule has 2 aromatic heterocycles. The van der Waals surface area contributed by atoms with Gasteiger partial charge in [0.2, 0.25) is 11.8 Å². The highest BCUT2D eigenvalue weighted by atomic mass is 16.6. The molecule has 0 N–H and O–H groups in total. The molecule has 1 aromatic carbocycles. The maximum absolute atomic E-state index is 5.17. The second-order valence-electron chi connectivity index (χ2n) is 5.71. The molecule has 0 atom stereocenters. The van der Waals surface area contributed by atoms with Gasteiger partial charge in [-0.3, -0.25) is 4.90 Å². The van der Waals surface area contributed by atoms with Crippen molar-refractivity contribution >= 4 is 17.0 Å². The number of methoxy groups -OCH3 is 1. The van der Waals surface area contributed by atoms with Crippen molar-refractivity contribution in [2.45, 2.75) is 6.54 Å². The number of ether oxygens (including phenoxy) is 1. The summed E-state index contributed by atoms with van der Waals surface area (Å²) in [5, 5.41) is 7.91. The molecule has 3 heterocycles. The molecule has 0 radical (unpaired) electrons. The van der Waals surface area contributed by atoms with E-state index in [0.717, 1.165) is 55.3 Å². The quantitative estimate of drug-likeness (QED) is 0.710. The van der Waals surface area contributed by atoms with E-state index in [9.17, 15) is 0 Å². The van der Waals surface area contributed by atoms with E-state index in [1.54, 1.807) is 19.4 Å². The topological polar surface area (TPSA) is 80.4 Å². The van der Waals surface area contributed by atoms with Gasteiger partial charge in [0.25, 0.3) is 0 Å². The maximum Gasteiger partial charge on any atom is 0.228 e. The highest BCUT2D eigenvalue weighted by Crippen LogP contribution is 2.19. The second-order valence-corrected chi connectivity index (χ2v) is 5.71. The van der Waals surface area contributed by atoms with Crippen LogP contribution in [0.2, 0.25) is 0 Å². The van der Waals surface area contributed by atoms with Crippen LogP contribution in [0.5, 0.6) is 5.88 Å². The molecule has 3 aromatic rings. The highest BCUT2D eigenvalue weighted by Gasteiger charge is 2.20. The van der Waals surface area contributed by atoms with E-state index in [-0.39, 0.29) is 0 Å². The van der Waals surface area contributed by atoms with Crippen molar-refractivity contribution in [2.24, 2.45) is 0 Å². The summed E-state index contributed by atoms with van der Waals surface area (Å²) in [5.41, 5.74) is 2.78. The summed E-state index contributed by atoms with van der Waals surface area (Å²) in [6.07, 6.45) is 1.73. The van der Waals surface area contributed by atoms with Gasteiger partial charge in [0.15, 0.2) is 0 Å². The van der Waals surface area contributed by atoms with Crippen molar-refractivity contribution in [1.82, 2.24) is 25.2 Å². The van der Waals surface area contributed by atoms with Crippen LogP contribution in [0.1, 0.15) is 5.56 Å². The fourth-order valence-electron chi connectivity index (χ4n) is 2.93. The van der Waals surface area contributed by atoms with E-state index in [1.807, 2.05) is 12.1 Å². The van der Waals surface area contributed by atoms with Gasteiger partial charge in [-0.05, 0) is 21.9 Å². The largest absolute Gasteiger partial charge is 0.481 e.